The standard InChI is InChI=1S/C24H21N5O2S3/c1-14-6-3-4-7-17(14)28-22(31)20-15(2)27-23(16(12-25)21(20)18-8-5-10-32-18)34-13-19(30)29-24-26-9-11-33-24/h3-11,21,27H,13H2,1-2H3,(H,28,31)(H,26,29,30)/t21-/m0/s1. The van der Waals surface area contributed by atoms with E-state index in [2.05, 4.69) is 27.0 Å². The zero-order chi connectivity index (χ0) is 24.1. The number of thiazole rings is 1. The molecule has 0 spiro atoms. The summed E-state index contributed by atoms with van der Waals surface area (Å²) in [5, 5.41) is 23.9. The Kier molecular flexibility index (Phi) is 7.47. The summed E-state index contributed by atoms with van der Waals surface area (Å²) >= 11 is 4.06. The number of aryl methyl sites for hydroxylation is 1. The summed E-state index contributed by atoms with van der Waals surface area (Å²) < 4.78 is 0. The Balaban J connectivity index is 1.61. The summed E-state index contributed by atoms with van der Waals surface area (Å²) in [7, 11) is 0. The molecule has 1 aliphatic rings. The molecule has 1 atom stereocenters. The fraction of sp³-hybridized carbons (Fsp3) is 0.167. The first kappa shape index (κ1) is 23.8. The molecule has 1 aromatic carbocycles. The summed E-state index contributed by atoms with van der Waals surface area (Å²) in [6.07, 6.45) is 1.62. The van der Waals surface area contributed by atoms with Crippen molar-refractivity contribution < 1.29 is 9.59 Å². The van der Waals surface area contributed by atoms with Gasteiger partial charge in [0.25, 0.3) is 5.91 Å². The van der Waals surface area contributed by atoms with Gasteiger partial charge >= 0.3 is 0 Å². The summed E-state index contributed by atoms with van der Waals surface area (Å²) in [5.41, 5.74) is 3.21. The van der Waals surface area contributed by atoms with Gasteiger partial charge in [-0.05, 0) is 36.9 Å². The van der Waals surface area contributed by atoms with Crippen LogP contribution in [0.2, 0.25) is 0 Å². The molecule has 4 rings (SSSR count). The number of hydrogen-bond donors (Lipinski definition) is 3. The molecular weight excluding hydrogens is 486 g/mol. The smallest absolute Gasteiger partial charge is 0.254 e. The summed E-state index contributed by atoms with van der Waals surface area (Å²) in [6, 6.07) is 13.7. The molecule has 10 heteroatoms. The molecule has 0 saturated carbocycles. The van der Waals surface area contributed by atoms with Gasteiger partial charge in [0.15, 0.2) is 5.13 Å². The fourth-order valence-electron chi connectivity index (χ4n) is 3.55. The highest BCUT2D eigenvalue weighted by molar-refractivity contribution is 8.03. The maximum atomic E-state index is 13.4. The van der Waals surface area contributed by atoms with Crippen molar-refractivity contribution in [1.29, 1.82) is 5.26 Å². The van der Waals surface area contributed by atoms with Gasteiger partial charge in [-0.1, -0.05) is 36.0 Å². The van der Waals surface area contributed by atoms with Gasteiger partial charge in [0.2, 0.25) is 5.91 Å². The number of aromatic nitrogens is 1. The van der Waals surface area contributed by atoms with Crippen molar-refractivity contribution in [2.45, 2.75) is 19.8 Å². The molecule has 0 radical (unpaired) electrons. The van der Waals surface area contributed by atoms with Crippen LogP contribution in [0.1, 0.15) is 23.3 Å². The number of dihydropyridines is 1. The summed E-state index contributed by atoms with van der Waals surface area (Å²) in [4.78, 5) is 30.8. The molecule has 0 bridgehead atoms. The maximum absolute atomic E-state index is 13.4. The van der Waals surface area contributed by atoms with E-state index >= 15 is 0 Å². The number of para-hydroxylation sites is 1. The zero-order valence-corrected chi connectivity index (χ0v) is 20.9. The molecule has 0 aliphatic carbocycles. The van der Waals surface area contributed by atoms with E-state index < -0.39 is 5.92 Å². The topological polar surface area (TPSA) is 107 Å². The van der Waals surface area contributed by atoms with Crippen LogP contribution in [0.15, 0.2) is 75.2 Å². The Morgan fingerprint density at radius 3 is 2.65 bits per heavy atom. The number of rotatable bonds is 7. The quantitative estimate of drug-likeness (QED) is 0.405. The van der Waals surface area contributed by atoms with Crippen LogP contribution in [0.3, 0.4) is 0 Å². The molecule has 3 N–H and O–H groups in total. The first-order chi connectivity index (χ1) is 16.5. The number of thiophene rings is 1. The Morgan fingerprint density at radius 1 is 1.15 bits per heavy atom. The number of carbonyl (C=O) groups is 2. The molecule has 2 amide bonds. The van der Waals surface area contributed by atoms with E-state index in [1.807, 2.05) is 55.6 Å². The van der Waals surface area contributed by atoms with Crippen LogP contribution in [0.4, 0.5) is 10.8 Å². The first-order valence-electron chi connectivity index (χ1n) is 10.3. The molecule has 1 aliphatic heterocycles. The van der Waals surface area contributed by atoms with Gasteiger partial charge in [-0.25, -0.2) is 4.98 Å². The number of benzene rings is 1. The lowest BCUT2D eigenvalue weighted by Gasteiger charge is -2.29. The minimum Gasteiger partial charge on any atom is -0.353 e. The predicted molar refractivity (Wildman–Crippen MR) is 139 cm³/mol. The second kappa shape index (κ2) is 10.7. The van der Waals surface area contributed by atoms with Crippen LogP contribution >= 0.6 is 34.4 Å². The van der Waals surface area contributed by atoms with E-state index in [9.17, 15) is 14.9 Å². The van der Waals surface area contributed by atoms with Gasteiger partial charge in [-0.2, -0.15) is 5.26 Å². The van der Waals surface area contributed by atoms with E-state index in [0.29, 0.717) is 27.0 Å². The van der Waals surface area contributed by atoms with E-state index in [1.54, 1.807) is 11.6 Å². The van der Waals surface area contributed by atoms with E-state index in [4.69, 9.17) is 0 Å². The van der Waals surface area contributed by atoms with Crippen molar-refractivity contribution >= 4 is 57.1 Å². The average molecular weight is 508 g/mol. The number of amides is 2. The number of anilines is 2. The predicted octanol–water partition coefficient (Wildman–Crippen LogP) is 5.22. The number of thioether (sulfide) groups is 1. The normalized spacial score (nSPS) is 15.5. The van der Waals surface area contributed by atoms with Crippen molar-refractivity contribution in [3.05, 3.63) is 85.7 Å². The van der Waals surface area contributed by atoms with Crippen LogP contribution in [-0.4, -0.2) is 22.6 Å². The zero-order valence-electron chi connectivity index (χ0n) is 18.4. The van der Waals surface area contributed by atoms with Gasteiger partial charge in [0, 0.05) is 33.4 Å². The molecule has 3 heterocycles. The van der Waals surface area contributed by atoms with E-state index in [-0.39, 0.29) is 17.6 Å². The Bertz CT molecular complexity index is 1300. The van der Waals surface area contributed by atoms with Gasteiger partial charge in [0.05, 0.1) is 28.3 Å². The van der Waals surface area contributed by atoms with Crippen molar-refractivity contribution in [3.8, 4) is 6.07 Å². The monoisotopic (exact) mass is 507 g/mol. The fourth-order valence-corrected chi connectivity index (χ4v) is 5.83. The molecule has 34 heavy (non-hydrogen) atoms. The molecular formula is C24H21N5O2S3. The maximum Gasteiger partial charge on any atom is 0.254 e. The Hall–Kier alpha value is -3.39. The minimum atomic E-state index is -0.528. The minimum absolute atomic E-state index is 0.0995. The lowest BCUT2D eigenvalue weighted by atomic mass is 9.86. The van der Waals surface area contributed by atoms with Crippen LogP contribution in [0.25, 0.3) is 0 Å². The number of nitrogens with one attached hydrogen (secondary N) is 3. The van der Waals surface area contributed by atoms with Crippen molar-refractivity contribution in [2.24, 2.45) is 0 Å². The third kappa shape index (κ3) is 5.22. The van der Waals surface area contributed by atoms with Gasteiger partial charge < -0.3 is 16.0 Å². The third-order valence-electron chi connectivity index (χ3n) is 5.14. The molecule has 2 aromatic heterocycles. The number of hydrogen-bond acceptors (Lipinski definition) is 8. The molecule has 0 fully saturated rings. The lowest BCUT2D eigenvalue weighted by Crippen LogP contribution is -2.31. The van der Waals surface area contributed by atoms with E-state index in [1.165, 1.54) is 34.4 Å². The Morgan fingerprint density at radius 2 is 1.97 bits per heavy atom. The second-order valence-corrected chi connectivity index (χ2v) is 10.3. The van der Waals surface area contributed by atoms with Crippen molar-refractivity contribution in [2.75, 3.05) is 16.4 Å². The van der Waals surface area contributed by atoms with Crippen molar-refractivity contribution in [3.63, 3.8) is 0 Å². The number of allylic oxidation sites excluding steroid dienone is 2. The average Bonchev–Trinajstić information content (AvgIpc) is 3.53. The number of nitrogens with zero attached hydrogens (tertiary/aromatic N) is 2. The Labute approximate surface area is 209 Å². The molecule has 0 unspecified atom stereocenters. The third-order valence-corrected chi connectivity index (χ3v) is 7.78. The van der Waals surface area contributed by atoms with Crippen LogP contribution in [0.5, 0.6) is 0 Å². The molecule has 0 saturated heterocycles. The van der Waals surface area contributed by atoms with Crippen LogP contribution < -0.4 is 16.0 Å². The molecule has 3 aromatic rings. The van der Waals surface area contributed by atoms with Crippen molar-refractivity contribution in [1.82, 2.24) is 10.3 Å². The second-order valence-electron chi connectivity index (χ2n) is 7.41. The number of nitriles is 1. The first-order valence-corrected chi connectivity index (χ1v) is 13.1. The lowest BCUT2D eigenvalue weighted by molar-refractivity contribution is -0.114. The highest BCUT2D eigenvalue weighted by Crippen LogP contribution is 2.42. The number of carbonyl (C=O) groups excluding carboxylic acids is 2. The molecule has 172 valence electrons. The largest absolute Gasteiger partial charge is 0.353 e. The van der Waals surface area contributed by atoms with Gasteiger partial charge in [-0.3, -0.25) is 9.59 Å². The highest BCUT2D eigenvalue weighted by atomic mass is 32.2. The summed E-state index contributed by atoms with van der Waals surface area (Å²) in [6.45, 7) is 3.75. The van der Waals surface area contributed by atoms with Crippen LogP contribution in [0, 0.1) is 18.3 Å². The SMILES string of the molecule is CC1=C(C(=O)Nc2ccccc2C)[C@H](c2cccs2)C(C#N)=C(SCC(=O)Nc2nccs2)N1. The van der Waals surface area contributed by atoms with E-state index in [0.717, 1.165) is 16.1 Å². The van der Waals surface area contributed by atoms with Crippen LogP contribution in [-0.2, 0) is 9.59 Å². The molecule has 7 nitrogen and oxygen atoms in total. The highest BCUT2D eigenvalue weighted by Gasteiger charge is 2.35. The van der Waals surface area contributed by atoms with Gasteiger partial charge in [-0.15, -0.1) is 22.7 Å². The summed E-state index contributed by atoms with van der Waals surface area (Å²) in [5.74, 6) is -0.915. The van der Waals surface area contributed by atoms with Gasteiger partial charge in [0.1, 0.15) is 0 Å².